The van der Waals surface area contributed by atoms with E-state index in [2.05, 4.69) is 23.6 Å². The predicted octanol–water partition coefficient (Wildman–Crippen LogP) is 3.06. The minimum atomic E-state index is 0.0844. The van der Waals surface area contributed by atoms with Crippen LogP contribution in [0.15, 0.2) is 47.1 Å². The van der Waals surface area contributed by atoms with Crippen molar-refractivity contribution in [3.63, 3.8) is 0 Å². The molecule has 1 aliphatic rings. The van der Waals surface area contributed by atoms with Crippen LogP contribution in [0, 0.1) is 0 Å². The van der Waals surface area contributed by atoms with Gasteiger partial charge in [-0.2, -0.15) is 0 Å². The van der Waals surface area contributed by atoms with Crippen molar-refractivity contribution in [2.45, 2.75) is 25.3 Å². The number of carbonyl (C=O) groups is 1. The Labute approximate surface area is 118 Å². The van der Waals surface area contributed by atoms with Crippen LogP contribution >= 0.6 is 0 Å². The highest BCUT2D eigenvalue weighted by molar-refractivity contribution is 5.94. The number of amides is 1. The van der Waals surface area contributed by atoms with Crippen molar-refractivity contribution >= 4 is 11.6 Å². The zero-order valence-electron chi connectivity index (χ0n) is 11.4. The molecule has 0 saturated carbocycles. The van der Waals surface area contributed by atoms with Crippen molar-refractivity contribution in [3.05, 3.63) is 54.0 Å². The molecule has 20 heavy (non-hydrogen) atoms. The second kappa shape index (κ2) is 5.51. The smallest absolute Gasteiger partial charge is 0.225 e. The molecule has 2 atom stereocenters. The van der Waals surface area contributed by atoms with Gasteiger partial charge < -0.3 is 15.1 Å². The molecule has 2 N–H and O–H groups in total. The fourth-order valence-electron chi connectivity index (χ4n) is 2.64. The number of anilines is 1. The van der Waals surface area contributed by atoms with Crippen molar-refractivity contribution in [3.8, 4) is 0 Å². The molecule has 1 amide bonds. The summed E-state index contributed by atoms with van der Waals surface area (Å²) in [5.74, 6) is 1.21. The molecule has 0 radical (unpaired) electrons. The summed E-state index contributed by atoms with van der Waals surface area (Å²) >= 11 is 0. The van der Waals surface area contributed by atoms with Gasteiger partial charge in [-0.25, -0.2) is 0 Å². The third kappa shape index (κ3) is 2.60. The highest BCUT2D eigenvalue weighted by Crippen LogP contribution is 2.31. The maximum absolute atomic E-state index is 11.8. The molecule has 4 nitrogen and oxygen atoms in total. The first-order chi connectivity index (χ1) is 9.74. The first kappa shape index (κ1) is 12.9. The molecule has 2 heterocycles. The molecule has 1 aromatic heterocycles. The number of para-hydroxylation sites is 1. The third-order valence-electron chi connectivity index (χ3n) is 3.75. The summed E-state index contributed by atoms with van der Waals surface area (Å²) in [5, 5.41) is 6.36. The number of carbonyl (C=O) groups excluding carboxylic acids is 1. The molecule has 0 aliphatic carbocycles. The largest absolute Gasteiger partial charge is 0.468 e. The van der Waals surface area contributed by atoms with Gasteiger partial charge >= 0.3 is 0 Å². The Kier molecular flexibility index (Phi) is 3.56. The summed E-state index contributed by atoms with van der Waals surface area (Å²) < 4.78 is 5.38. The molecule has 0 unspecified atom stereocenters. The Morgan fingerprint density at radius 2 is 2.20 bits per heavy atom. The van der Waals surface area contributed by atoms with Crippen LogP contribution in [-0.2, 0) is 4.79 Å². The van der Waals surface area contributed by atoms with Gasteiger partial charge in [0, 0.05) is 24.6 Å². The number of hydrogen-bond acceptors (Lipinski definition) is 3. The van der Waals surface area contributed by atoms with E-state index in [1.165, 1.54) is 5.56 Å². The average molecular weight is 270 g/mol. The molecule has 0 fully saturated rings. The minimum absolute atomic E-state index is 0.0844. The molecule has 0 spiro atoms. The summed E-state index contributed by atoms with van der Waals surface area (Å²) in [6.07, 6.45) is 2.20. The summed E-state index contributed by atoms with van der Waals surface area (Å²) in [5.41, 5.74) is 2.13. The summed E-state index contributed by atoms with van der Waals surface area (Å²) in [6, 6.07) is 12.0. The van der Waals surface area contributed by atoms with Crippen molar-refractivity contribution in [1.82, 2.24) is 5.32 Å². The van der Waals surface area contributed by atoms with E-state index in [0.29, 0.717) is 6.42 Å². The van der Waals surface area contributed by atoms with E-state index in [9.17, 15) is 4.79 Å². The van der Waals surface area contributed by atoms with E-state index in [0.717, 1.165) is 18.0 Å². The normalized spacial score (nSPS) is 19.2. The van der Waals surface area contributed by atoms with Gasteiger partial charge in [-0.15, -0.1) is 0 Å². The Bertz CT molecular complexity index is 592. The van der Waals surface area contributed by atoms with Crippen molar-refractivity contribution in [2.24, 2.45) is 0 Å². The van der Waals surface area contributed by atoms with Crippen LogP contribution in [0.5, 0.6) is 0 Å². The minimum Gasteiger partial charge on any atom is -0.468 e. The van der Waals surface area contributed by atoms with Crippen LogP contribution in [0.4, 0.5) is 5.69 Å². The molecule has 0 bridgehead atoms. The average Bonchev–Trinajstić information content (AvgIpc) is 2.98. The number of hydrogen-bond donors (Lipinski definition) is 2. The SMILES string of the molecule is C[C@@H](NC[C@H]1CC(=O)Nc2ccccc21)c1ccco1. The Hall–Kier alpha value is -2.07. The lowest BCUT2D eigenvalue weighted by Gasteiger charge is -2.26. The van der Waals surface area contributed by atoms with Crippen LogP contribution in [0.2, 0.25) is 0 Å². The van der Waals surface area contributed by atoms with Crippen molar-refractivity contribution in [1.29, 1.82) is 0 Å². The predicted molar refractivity (Wildman–Crippen MR) is 77.6 cm³/mol. The lowest BCUT2D eigenvalue weighted by molar-refractivity contribution is -0.116. The van der Waals surface area contributed by atoms with Gasteiger partial charge in [0.15, 0.2) is 0 Å². The van der Waals surface area contributed by atoms with Gasteiger partial charge in [-0.3, -0.25) is 4.79 Å². The van der Waals surface area contributed by atoms with Gasteiger partial charge in [0.2, 0.25) is 5.91 Å². The van der Waals surface area contributed by atoms with Crippen LogP contribution in [-0.4, -0.2) is 12.5 Å². The molecular formula is C16H18N2O2. The zero-order chi connectivity index (χ0) is 13.9. The molecule has 3 rings (SSSR count). The first-order valence-electron chi connectivity index (χ1n) is 6.89. The van der Waals surface area contributed by atoms with Crippen LogP contribution in [0.1, 0.15) is 36.6 Å². The maximum atomic E-state index is 11.8. The van der Waals surface area contributed by atoms with Crippen LogP contribution in [0.25, 0.3) is 0 Å². The number of rotatable bonds is 4. The highest BCUT2D eigenvalue weighted by atomic mass is 16.3. The second-order valence-corrected chi connectivity index (χ2v) is 5.18. The monoisotopic (exact) mass is 270 g/mol. The molecule has 104 valence electrons. The topological polar surface area (TPSA) is 54.3 Å². The van der Waals surface area contributed by atoms with Gasteiger partial charge in [-0.05, 0) is 30.7 Å². The van der Waals surface area contributed by atoms with Gasteiger partial charge in [0.05, 0.1) is 12.3 Å². The molecular weight excluding hydrogens is 252 g/mol. The van der Waals surface area contributed by atoms with E-state index in [1.54, 1.807) is 6.26 Å². The molecule has 0 saturated heterocycles. The summed E-state index contributed by atoms with van der Waals surface area (Å²) in [7, 11) is 0. The number of furan rings is 1. The quantitative estimate of drug-likeness (QED) is 0.897. The van der Waals surface area contributed by atoms with E-state index in [4.69, 9.17) is 4.42 Å². The lowest BCUT2D eigenvalue weighted by atomic mass is 9.90. The fourth-order valence-corrected chi connectivity index (χ4v) is 2.64. The number of fused-ring (bicyclic) bond motifs is 1. The summed E-state index contributed by atoms with van der Waals surface area (Å²) in [6.45, 7) is 2.82. The van der Waals surface area contributed by atoms with Gasteiger partial charge in [0.1, 0.15) is 5.76 Å². The maximum Gasteiger partial charge on any atom is 0.225 e. The Balaban J connectivity index is 1.70. The fraction of sp³-hybridized carbons (Fsp3) is 0.312. The van der Waals surface area contributed by atoms with Crippen LogP contribution < -0.4 is 10.6 Å². The lowest BCUT2D eigenvalue weighted by Crippen LogP contribution is -2.31. The summed E-state index contributed by atoms with van der Waals surface area (Å²) in [4.78, 5) is 11.8. The second-order valence-electron chi connectivity index (χ2n) is 5.18. The van der Waals surface area contributed by atoms with Gasteiger partial charge in [0.25, 0.3) is 0 Å². The first-order valence-corrected chi connectivity index (χ1v) is 6.89. The highest BCUT2D eigenvalue weighted by Gasteiger charge is 2.25. The van der Waals surface area contributed by atoms with E-state index in [1.807, 2.05) is 30.3 Å². The number of benzene rings is 1. The van der Waals surface area contributed by atoms with Gasteiger partial charge in [-0.1, -0.05) is 18.2 Å². The molecule has 1 aliphatic heterocycles. The van der Waals surface area contributed by atoms with E-state index < -0.39 is 0 Å². The molecule has 1 aromatic carbocycles. The molecule has 4 heteroatoms. The van der Waals surface area contributed by atoms with E-state index in [-0.39, 0.29) is 17.9 Å². The zero-order valence-corrected chi connectivity index (χ0v) is 11.4. The molecule has 2 aromatic rings. The van der Waals surface area contributed by atoms with E-state index >= 15 is 0 Å². The van der Waals surface area contributed by atoms with Crippen molar-refractivity contribution < 1.29 is 9.21 Å². The number of nitrogens with one attached hydrogen (secondary N) is 2. The standard InChI is InChI=1S/C16H18N2O2/c1-11(15-7-4-8-20-15)17-10-12-9-16(19)18-14-6-3-2-5-13(12)14/h2-8,11-12,17H,9-10H2,1H3,(H,18,19)/t11-,12-/m1/s1. The third-order valence-corrected chi connectivity index (χ3v) is 3.75. The van der Waals surface area contributed by atoms with Crippen molar-refractivity contribution in [2.75, 3.05) is 11.9 Å². The Morgan fingerprint density at radius 3 is 3.00 bits per heavy atom. The van der Waals surface area contributed by atoms with Crippen LogP contribution in [0.3, 0.4) is 0 Å². The Morgan fingerprint density at radius 1 is 1.35 bits per heavy atom.